The monoisotopic (exact) mass is 247 g/mol. The minimum absolute atomic E-state index is 0.251. The van der Waals surface area contributed by atoms with Crippen molar-refractivity contribution in [3.05, 3.63) is 24.0 Å². The number of anilines is 3. The van der Waals surface area contributed by atoms with Crippen LogP contribution in [-0.2, 0) is 13.6 Å². The molecular formula is C11H17N7. The number of hydrogen-bond donors (Lipinski definition) is 3. The summed E-state index contributed by atoms with van der Waals surface area (Å²) >= 11 is 0. The predicted molar refractivity (Wildman–Crippen MR) is 71.1 cm³/mol. The molecule has 0 fully saturated rings. The molecule has 0 aromatic carbocycles. The van der Waals surface area contributed by atoms with Gasteiger partial charge in [0, 0.05) is 25.9 Å². The van der Waals surface area contributed by atoms with E-state index >= 15 is 0 Å². The van der Waals surface area contributed by atoms with Gasteiger partial charge >= 0.3 is 0 Å². The van der Waals surface area contributed by atoms with Crippen LogP contribution in [0.4, 0.5) is 17.6 Å². The van der Waals surface area contributed by atoms with E-state index < -0.39 is 0 Å². The Hall–Kier alpha value is -2.31. The molecule has 2 rings (SSSR count). The zero-order valence-corrected chi connectivity index (χ0v) is 10.5. The van der Waals surface area contributed by atoms with Crippen molar-refractivity contribution < 1.29 is 0 Å². The molecule has 0 saturated heterocycles. The van der Waals surface area contributed by atoms with E-state index in [1.54, 1.807) is 6.20 Å². The van der Waals surface area contributed by atoms with E-state index in [-0.39, 0.29) is 5.95 Å². The first kappa shape index (κ1) is 12.2. The second-order valence-electron chi connectivity index (χ2n) is 3.83. The van der Waals surface area contributed by atoms with Gasteiger partial charge in [0.05, 0.1) is 12.2 Å². The Balaban J connectivity index is 2.07. The van der Waals surface area contributed by atoms with Gasteiger partial charge in [-0.3, -0.25) is 4.68 Å². The van der Waals surface area contributed by atoms with E-state index in [0.29, 0.717) is 12.4 Å². The molecule has 4 N–H and O–H groups in total. The van der Waals surface area contributed by atoms with Gasteiger partial charge in [0.2, 0.25) is 5.95 Å². The van der Waals surface area contributed by atoms with Gasteiger partial charge in [-0.1, -0.05) is 0 Å². The van der Waals surface area contributed by atoms with Gasteiger partial charge in [-0.15, -0.1) is 0 Å². The van der Waals surface area contributed by atoms with Crippen LogP contribution in [0.2, 0.25) is 0 Å². The molecule has 0 aliphatic heterocycles. The zero-order chi connectivity index (χ0) is 13.0. The van der Waals surface area contributed by atoms with Gasteiger partial charge in [-0.05, 0) is 13.0 Å². The highest BCUT2D eigenvalue weighted by molar-refractivity contribution is 5.51. The highest BCUT2D eigenvalue weighted by atomic mass is 15.3. The molecule has 0 atom stereocenters. The van der Waals surface area contributed by atoms with Crippen molar-refractivity contribution in [1.82, 2.24) is 19.7 Å². The number of aryl methyl sites for hydroxylation is 1. The third kappa shape index (κ3) is 2.88. The summed E-state index contributed by atoms with van der Waals surface area (Å²) < 4.78 is 1.81. The summed E-state index contributed by atoms with van der Waals surface area (Å²) in [4.78, 5) is 8.22. The van der Waals surface area contributed by atoms with Gasteiger partial charge in [-0.2, -0.15) is 15.1 Å². The maximum Gasteiger partial charge on any atom is 0.223 e. The molecule has 0 radical (unpaired) electrons. The van der Waals surface area contributed by atoms with Crippen LogP contribution < -0.4 is 16.4 Å². The molecule has 2 aromatic heterocycles. The van der Waals surface area contributed by atoms with Crippen LogP contribution in [0.15, 0.2) is 18.3 Å². The Morgan fingerprint density at radius 2 is 2.00 bits per heavy atom. The molecule has 0 amide bonds. The number of hydrogen-bond acceptors (Lipinski definition) is 6. The van der Waals surface area contributed by atoms with Crippen LogP contribution in [0.1, 0.15) is 12.6 Å². The Morgan fingerprint density at radius 1 is 1.28 bits per heavy atom. The summed E-state index contributed by atoms with van der Waals surface area (Å²) in [6.45, 7) is 3.43. The van der Waals surface area contributed by atoms with Crippen LogP contribution in [0.5, 0.6) is 0 Å². The molecular weight excluding hydrogens is 230 g/mol. The summed E-state index contributed by atoms with van der Waals surface area (Å²) in [6.07, 6.45) is 1.76. The van der Waals surface area contributed by atoms with Gasteiger partial charge in [-0.25, -0.2) is 0 Å². The summed E-state index contributed by atoms with van der Waals surface area (Å²) in [5, 5.41) is 10.4. The molecule has 0 unspecified atom stereocenters. The van der Waals surface area contributed by atoms with E-state index in [4.69, 9.17) is 5.73 Å². The normalized spacial score (nSPS) is 10.3. The molecule has 0 aliphatic carbocycles. The highest BCUT2D eigenvalue weighted by Crippen LogP contribution is 2.13. The van der Waals surface area contributed by atoms with E-state index in [1.165, 1.54) is 0 Å². The number of nitrogens with one attached hydrogen (secondary N) is 2. The number of nitrogens with two attached hydrogens (primary N) is 1. The van der Waals surface area contributed by atoms with Crippen LogP contribution in [0, 0.1) is 0 Å². The lowest BCUT2D eigenvalue weighted by Gasteiger charge is -2.09. The predicted octanol–water partition coefficient (Wildman–Crippen LogP) is 0.836. The Kier molecular flexibility index (Phi) is 3.61. The van der Waals surface area contributed by atoms with Crippen LogP contribution in [0.25, 0.3) is 0 Å². The van der Waals surface area contributed by atoms with Crippen LogP contribution >= 0.6 is 0 Å². The first-order valence-corrected chi connectivity index (χ1v) is 5.78. The molecule has 96 valence electrons. The van der Waals surface area contributed by atoms with Gasteiger partial charge in [0.25, 0.3) is 0 Å². The summed E-state index contributed by atoms with van der Waals surface area (Å²) in [5.41, 5.74) is 6.72. The van der Waals surface area contributed by atoms with Gasteiger partial charge < -0.3 is 16.4 Å². The van der Waals surface area contributed by atoms with Crippen molar-refractivity contribution >= 4 is 17.6 Å². The largest absolute Gasteiger partial charge is 0.370 e. The van der Waals surface area contributed by atoms with Crippen molar-refractivity contribution in [3.63, 3.8) is 0 Å². The minimum atomic E-state index is 0.251. The number of nitrogens with zero attached hydrogens (tertiary/aromatic N) is 4. The van der Waals surface area contributed by atoms with E-state index in [9.17, 15) is 0 Å². The van der Waals surface area contributed by atoms with Crippen LogP contribution in [0.3, 0.4) is 0 Å². The molecule has 0 bridgehead atoms. The van der Waals surface area contributed by atoms with Crippen LogP contribution in [-0.4, -0.2) is 26.3 Å². The van der Waals surface area contributed by atoms with Crippen molar-refractivity contribution in [2.45, 2.75) is 13.5 Å². The van der Waals surface area contributed by atoms with E-state index in [0.717, 1.165) is 18.1 Å². The van der Waals surface area contributed by atoms with E-state index in [2.05, 4.69) is 25.7 Å². The fourth-order valence-corrected chi connectivity index (χ4v) is 1.58. The lowest BCUT2D eigenvalue weighted by molar-refractivity contribution is 0.720. The first-order chi connectivity index (χ1) is 8.69. The SMILES string of the molecule is CCNc1cc(NCc2ccnn2C)nc(N)n1. The maximum absolute atomic E-state index is 5.65. The second-order valence-corrected chi connectivity index (χ2v) is 3.83. The van der Waals surface area contributed by atoms with E-state index in [1.807, 2.05) is 30.8 Å². The average molecular weight is 247 g/mol. The first-order valence-electron chi connectivity index (χ1n) is 5.78. The molecule has 0 spiro atoms. The summed E-state index contributed by atoms with van der Waals surface area (Å²) in [7, 11) is 1.90. The second kappa shape index (κ2) is 5.35. The fraction of sp³-hybridized carbons (Fsp3) is 0.364. The quantitative estimate of drug-likeness (QED) is 0.724. The lowest BCUT2D eigenvalue weighted by Crippen LogP contribution is -2.09. The number of rotatable bonds is 5. The molecule has 0 aliphatic rings. The van der Waals surface area contributed by atoms with Gasteiger partial charge in [0.15, 0.2) is 0 Å². The highest BCUT2D eigenvalue weighted by Gasteiger charge is 2.03. The number of nitrogen functional groups attached to an aromatic ring is 1. The summed E-state index contributed by atoms with van der Waals surface area (Å²) in [6, 6.07) is 3.78. The van der Waals surface area contributed by atoms with Crippen molar-refractivity contribution in [2.75, 3.05) is 22.9 Å². The molecule has 18 heavy (non-hydrogen) atoms. The smallest absolute Gasteiger partial charge is 0.223 e. The zero-order valence-electron chi connectivity index (χ0n) is 10.5. The Morgan fingerprint density at radius 3 is 2.61 bits per heavy atom. The van der Waals surface area contributed by atoms with Crippen molar-refractivity contribution in [2.24, 2.45) is 7.05 Å². The maximum atomic E-state index is 5.65. The Labute approximate surface area is 105 Å². The molecule has 2 aromatic rings. The minimum Gasteiger partial charge on any atom is -0.370 e. The fourth-order valence-electron chi connectivity index (χ4n) is 1.58. The molecule has 7 nitrogen and oxygen atoms in total. The third-order valence-electron chi connectivity index (χ3n) is 2.47. The average Bonchev–Trinajstić information content (AvgIpc) is 2.72. The Bertz CT molecular complexity index is 520. The number of aromatic nitrogens is 4. The lowest BCUT2D eigenvalue weighted by atomic mass is 10.4. The van der Waals surface area contributed by atoms with Gasteiger partial charge in [0.1, 0.15) is 11.6 Å². The van der Waals surface area contributed by atoms with Crippen molar-refractivity contribution in [1.29, 1.82) is 0 Å². The topological polar surface area (TPSA) is 93.7 Å². The molecule has 7 heteroatoms. The molecule has 2 heterocycles. The van der Waals surface area contributed by atoms with Crippen molar-refractivity contribution in [3.8, 4) is 0 Å². The molecule has 0 saturated carbocycles. The standard InChI is InChI=1S/C11H17N7/c1-3-13-9-6-10(17-11(12)16-9)14-7-8-4-5-15-18(8)2/h4-6H,3,7H2,1-2H3,(H4,12,13,14,16,17). The summed E-state index contributed by atoms with van der Waals surface area (Å²) in [5.74, 6) is 1.66. The third-order valence-corrected chi connectivity index (χ3v) is 2.47.